The second-order valence-corrected chi connectivity index (χ2v) is 6.09. The minimum atomic E-state index is -0.132. The summed E-state index contributed by atoms with van der Waals surface area (Å²) in [7, 11) is 3.62. The summed E-state index contributed by atoms with van der Waals surface area (Å²) in [5.74, 6) is -0.259. The molecule has 0 aliphatic carbocycles. The number of carbonyl (C=O) groups is 1. The Morgan fingerprint density at radius 1 is 1.29 bits per heavy atom. The van der Waals surface area contributed by atoms with Gasteiger partial charge in [-0.3, -0.25) is 9.69 Å². The number of fused-ring (bicyclic) bond motifs is 2. The summed E-state index contributed by atoms with van der Waals surface area (Å²) in [6, 6.07) is 10.9. The van der Waals surface area contributed by atoms with Crippen molar-refractivity contribution in [2.24, 2.45) is 5.92 Å². The number of benzene rings is 1. The van der Waals surface area contributed by atoms with E-state index in [1.54, 1.807) is 0 Å². The van der Waals surface area contributed by atoms with E-state index in [0.29, 0.717) is 18.7 Å². The van der Waals surface area contributed by atoms with Crippen LogP contribution in [0.5, 0.6) is 0 Å². The third-order valence-electron chi connectivity index (χ3n) is 4.99. The van der Waals surface area contributed by atoms with E-state index in [9.17, 15) is 4.79 Å². The Kier molecular flexibility index (Phi) is 4.27. The summed E-state index contributed by atoms with van der Waals surface area (Å²) in [5, 5.41) is 0. The van der Waals surface area contributed by atoms with Gasteiger partial charge >= 0.3 is 5.97 Å². The lowest BCUT2D eigenvalue weighted by molar-refractivity contribution is -0.159. The number of esters is 1. The molecule has 21 heavy (non-hydrogen) atoms. The maximum atomic E-state index is 12.1. The largest absolute Gasteiger partial charge is 0.469 e. The van der Waals surface area contributed by atoms with Crippen LogP contribution in [0.2, 0.25) is 0 Å². The Morgan fingerprint density at radius 2 is 2.05 bits per heavy atom. The molecule has 0 aromatic heterocycles. The molecule has 1 aromatic rings. The highest BCUT2D eigenvalue weighted by Crippen LogP contribution is 2.40. The Morgan fingerprint density at radius 3 is 2.76 bits per heavy atom. The fourth-order valence-electron chi connectivity index (χ4n) is 3.79. The van der Waals surface area contributed by atoms with Crippen molar-refractivity contribution < 1.29 is 14.3 Å². The molecule has 0 saturated carbocycles. The molecule has 2 aliphatic rings. The smallest absolute Gasteiger partial charge is 0.311 e. The van der Waals surface area contributed by atoms with Gasteiger partial charge < -0.3 is 9.47 Å². The van der Waals surface area contributed by atoms with Crippen molar-refractivity contribution in [2.75, 3.05) is 14.2 Å². The zero-order valence-electron chi connectivity index (χ0n) is 12.7. The first-order valence-electron chi connectivity index (χ1n) is 7.66. The van der Waals surface area contributed by atoms with Crippen LogP contribution in [0.4, 0.5) is 0 Å². The number of piperidine rings is 1. The van der Waals surface area contributed by atoms with Gasteiger partial charge in [-0.25, -0.2) is 0 Å². The summed E-state index contributed by atoms with van der Waals surface area (Å²) >= 11 is 0. The normalized spacial score (nSPS) is 32.1. The Hall–Kier alpha value is -1.39. The molecular formula is C17H23NO3. The number of hydrogen-bond acceptors (Lipinski definition) is 4. The van der Waals surface area contributed by atoms with Gasteiger partial charge in [0.1, 0.15) is 0 Å². The predicted octanol–water partition coefficient (Wildman–Crippen LogP) is 2.23. The molecule has 2 saturated heterocycles. The third kappa shape index (κ3) is 2.83. The predicted molar refractivity (Wildman–Crippen MR) is 79.7 cm³/mol. The zero-order valence-corrected chi connectivity index (χ0v) is 12.7. The van der Waals surface area contributed by atoms with Crippen LogP contribution in [0, 0.1) is 5.92 Å². The van der Waals surface area contributed by atoms with Gasteiger partial charge in [0.05, 0.1) is 25.7 Å². The lowest BCUT2D eigenvalue weighted by Gasteiger charge is -2.41. The van der Waals surface area contributed by atoms with E-state index < -0.39 is 0 Å². The molecule has 2 heterocycles. The van der Waals surface area contributed by atoms with Crippen LogP contribution in [0.1, 0.15) is 24.8 Å². The molecule has 0 radical (unpaired) electrons. The summed E-state index contributed by atoms with van der Waals surface area (Å²) < 4.78 is 11.2. The van der Waals surface area contributed by atoms with E-state index in [1.807, 2.05) is 18.2 Å². The summed E-state index contributed by atoms with van der Waals surface area (Å²) in [6.45, 7) is 0.550. The highest BCUT2D eigenvalue weighted by Gasteiger charge is 2.49. The van der Waals surface area contributed by atoms with Crippen molar-refractivity contribution in [2.45, 2.75) is 44.1 Å². The second kappa shape index (κ2) is 6.16. The molecular weight excluding hydrogens is 266 g/mol. The van der Waals surface area contributed by atoms with Crippen molar-refractivity contribution in [1.29, 1.82) is 0 Å². The highest BCUT2D eigenvalue weighted by atomic mass is 16.5. The Bertz CT molecular complexity index is 490. The molecule has 2 fully saturated rings. The SMILES string of the molecule is COC(=O)C1CC2CCC(C1OCc1ccccc1)N2C. The van der Waals surface area contributed by atoms with Crippen molar-refractivity contribution in [3.63, 3.8) is 0 Å². The molecule has 0 N–H and O–H groups in total. The van der Waals surface area contributed by atoms with E-state index in [2.05, 4.69) is 24.1 Å². The molecule has 1 aromatic carbocycles. The first-order chi connectivity index (χ1) is 10.2. The molecule has 0 amide bonds. The number of rotatable bonds is 4. The lowest BCUT2D eigenvalue weighted by Crippen LogP contribution is -2.53. The average Bonchev–Trinajstić information content (AvgIpc) is 2.77. The van der Waals surface area contributed by atoms with Gasteiger partial charge in [-0.15, -0.1) is 0 Å². The quantitative estimate of drug-likeness (QED) is 0.797. The fraction of sp³-hybridized carbons (Fsp3) is 0.588. The van der Waals surface area contributed by atoms with Crippen molar-refractivity contribution in [3.05, 3.63) is 35.9 Å². The van der Waals surface area contributed by atoms with E-state index >= 15 is 0 Å². The first kappa shape index (κ1) is 14.5. The van der Waals surface area contributed by atoms with Gasteiger partial charge in [-0.05, 0) is 31.9 Å². The first-order valence-corrected chi connectivity index (χ1v) is 7.66. The molecule has 4 atom stereocenters. The molecule has 4 unspecified atom stereocenters. The Labute approximate surface area is 126 Å². The van der Waals surface area contributed by atoms with Gasteiger partial charge in [0.15, 0.2) is 0 Å². The van der Waals surface area contributed by atoms with Crippen LogP contribution in [0.3, 0.4) is 0 Å². The molecule has 0 spiro atoms. The van der Waals surface area contributed by atoms with E-state index in [1.165, 1.54) is 7.11 Å². The maximum Gasteiger partial charge on any atom is 0.311 e. The summed E-state index contributed by atoms with van der Waals surface area (Å²) in [6.07, 6.45) is 3.04. The van der Waals surface area contributed by atoms with Crippen molar-refractivity contribution in [3.8, 4) is 0 Å². The van der Waals surface area contributed by atoms with Gasteiger partial charge in [0, 0.05) is 12.1 Å². The van der Waals surface area contributed by atoms with E-state index in [-0.39, 0.29) is 18.0 Å². The number of ether oxygens (including phenoxy) is 2. The number of carbonyl (C=O) groups excluding carboxylic acids is 1. The average molecular weight is 289 g/mol. The molecule has 3 rings (SSSR count). The summed E-state index contributed by atoms with van der Waals surface area (Å²) in [5.41, 5.74) is 1.14. The van der Waals surface area contributed by atoms with Crippen LogP contribution in [-0.2, 0) is 20.9 Å². The van der Waals surface area contributed by atoms with Crippen LogP contribution >= 0.6 is 0 Å². The number of nitrogens with zero attached hydrogens (tertiary/aromatic N) is 1. The lowest BCUT2D eigenvalue weighted by atomic mass is 9.88. The fourth-order valence-corrected chi connectivity index (χ4v) is 3.79. The second-order valence-electron chi connectivity index (χ2n) is 6.09. The van der Waals surface area contributed by atoms with Crippen LogP contribution in [0.25, 0.3) is 0 Å². The number of hydrogen-bond donors (Lipinski definition) is 0. The maximum absolute atomic E-state index is 12.1. The van der Waals surface area contributed by atoms with E-state index in [4.69, 9.17) is 9.47 Å². The molecule has 4 nitrogen and oxygen atoms in total. The van der Waals surface area contributed by atoms with Crippen LogP contribution in [-0.4, -0.2) is 43.2 Å². The van der Waals surface area contributed by atoms with Crippen LogP contribution in [0.15, 0.2) is 30.3 Å². The molecule has 2 bridgehead atoms. The van der Waals surface area contributed by atoms with Gasteiger partial charge in [0.25, 0.3) is 0 Å². The standard InChI is InChI=1S/C17H23NO3/c1-18-13-8-9-15(18)16(14(10-13)17(19)20-2)21-11-12-6-4-3-5-7-12/h3-7,13-16H,8-11H2,1-2H3. The topological polar surface area (TPSA) is 38.8 Å². The minimum Gasteiger partial charge on any atom is -0.469 e. The molecule has 2 aliphatic heterocycles. The monoisotopic (exact) mass is 289 g/mol. The number of methoxy groups -OCH3 is 1. The molecule has 114 valence electrons. The van der Waals surface area contributed by atoms with Crippen molar-refractivity contribution in [1.82, 2.24) is 4.90 Å². The Balaban J connectivity index is 1.73. The molecule has 4 heteroatoms. The summed E-state index contributed by atoms with van der Waals surface area (Å²) in [4.78, 5) is 14.5. The van der Waals surface area contributed by atoms with Crippen LogP contribution < -0.4 is 0 Å². The zero-order chi connectivity index (χ0) is 14.8. The highest BCUT2D eigenvalue weighted by molar-refractivity contribution is 5.73. The van der Waals surface area contributed by atoms with Crippen molar-refractivity contribution >= 4 is 5.97 Å². The van der Waals surface area contributed by atoms with E-state index in [0.717, 1.165) is 24.8 Å². The number of likely N-dealkylation sites (N-methyl/N-ethyl adjacent to an activating group) is 1. The van der Waals surface area contributed by atoms with Gasteiger partial charge in [-0.1, -0.05) is 30.3 Å². The van der Waals surface area contributed by atoms with Gasteiger partial charge in [-0.2, -0.15) is 0 Å². The van der Waals surface area contributed by atoms with Gasteiger partial charge in [0.2, 0.25) is 0 Å². The minimum absolute atomic E-state index is 0.0681. The third-order valence-corrected chi connectivity index (χ3v) is 4.99.